The number of carboxylic acids is 1. The third-order valence-electron chi connectivity index (χ3n) is 3.77. The van der Waals surface area contributed by atoms with E-state index in [0.717, 1.165) is 10.8 Å². The van der Waals surface area contributed by atoms with Crippen molar-refractivity contribution in [2.24, 2.45) is 0 Å². The summed E-state index contributed by atoms with van der Waals surface area (Å²) in [4.78, 5) is 28.5. The van der Waals surface area contributed by atoms with Crippen LogP contribution in [0.2, 0.25) is 0 Å². The van der Waals surface area contributed by atoms with E-state index in [-0.39, 0.29) is 16.8 Å². The molecule has 0 radical (unpaired) electrons. The fourth-order valence-corrected chi connectivity index (χ4v) is 2.73. The highest BCUT2D eigenvalue weighted by Gasteiger charge is 2.14. The average Bonchev–Trinajstić information content (AvgIpc) is 2.54. The molecule has 2 aromatic carbocycles. The van der Waals surface area contributed by atoms with Gasteiger partial charge in [0.1, 0.15) is 5.56 Å². The SMILES string of the molecule is O=C(O)c1cccn2c(=O)c3ccc4ccccc4c3nc12. The standard InChI is InChI=1S/C17H10N2O3/c20-16-12-8-7-10-4-1-2-5-11(10)14(12)18-15-13(17(21)22)6-3-9-19(15)16/h1-9H,(H,21,22). The van der Waals surface area contributed by atoms with Crippen LogP contribution in [0.5, 0.6) is 0 Å². The van der Waals surface area contributed by atoms with Gasteiger partial charge in [0.05, 0.1) is 10.9 Å². The Hall–Kier alpha value is -3.21. The Kier molecular flexibility index (Phi) is 2.50. The Morgan fingerprint density at radius 2 is 1.82 bits per heavy atom. The lowest BCUT2D eigenvalue weighted by Gasteiger charge is -2.07. The number of aromatic carboxylic acids is 1. The Morgan fingerprint density at radius 1 is 1.00 bits per heavy atom. The van der Waals surface area contributed by atoms with Crippen molar-refractivity contribution >= 4 is 33.3 Å². The maximum Gasteiger partial charge on any atom is 0.339 e. The van der Waals surface area contributed by atoms with Gasteiger partial charge in [0.15, 0.2) is 5.65 Å². The summed E-state index contributed by atoms with van der Waals surface area (Å²) in [6.07, 6.45) is 1.53. The molecule has 0 bridgehead atoms. The van der Waals surface area contributed by atoms with Crippen LogP contribution in [0.3, 0.4) is 0 Å². The lowest BCUT2D eigenvalue weighted by molar-refractivity contribution is 0.0698. The van der Waals surface area contributed by atoms with Crippen molar-refractivity contribution in [1.29, 1.82) is 0 Å². The van der Waals surface area contributed by atoms with E-state index >= 15 is 0 Å². The van der Waals surface area contributed by atoms with Crippen LogP contribution in [-0.2, 0) is 0 Å². The molecule has 0 amide bonds. The van der Waals surface area contributed by atoms with Crippen LogP contribution in [0.1, 0.15) is 10.4 Å². The van der Waals surface area contributed by atoms with E-state index < -0.39 is 5.97 Å². The molecule has 2 aromatic heterocycles. The predicted octanol–water partition coefficient (Wildman–Crippen LogP) is 2.70. The summed E-state index contributed by atoms with van der Waals surface area (Å²) in [5.41, 5.74) is 0.420. The minimum Gasteiger partial charge on any atom is -0.478 e. The van der Waals surface area contributed by atoms with Crippen LogP contribution >= 0.6 is 0 Å². The summed E-state index contributed by atoms with van der Waals surface area (Å²) in [5, 5.41) is 11.6. The van der Waals surface area contributed by atoms with Gasteiger partial charge in [0, 0.05) is 11.6 Å². The van der Waals surface area contributed by atoms with Crippen molar-refractivity contribution in [3.05, 3.63) is 70.6 Å². The van der Waals surface area contributed by atoms with Gasteiger partial charge in [-0.3, -0.25) is 9.20 Å². The van der Waals surface area contributed by atoms with E-state index in [4.69, 9.17) is 0 Å². The molecule has 106 valence electrons. The molecule has 0 aliphatic heterocycles. The number of aromatic nitrogens is 2. The first-order valence-electron chi connectivity index (χ1n) is 6.73. The maximum absolute atomic E-state index is 12.6. The van der Waals surface area contributed by atoms with Crippen molar-refractivity contribution in [3.8, 4) is 0 Å². The maximum atomic E-state index is 12.6. The van der Waals surface area contributed by atoms with E-state index in [1.54, 1.807) is 6.07 Å². The smallest absolute Gasteiger partial charge is 0.339 e. The van der Waals surface area contributed by atoms with Gasteiger partial charge in [-0.05, 0) is 23.6 Å². The van der Waals surface area contributed by atoms with Crippen molar-refractivity contribution in [2.75, 3.05) is 0 Å². The zero-order chi connectivity index (χ0) is 15.3. The van der Waals surface area contributed by atoms with Gasteiger partial charge in [0.2, 0.25) is 0 Å². The lowest BCUT2D eigenvalue weighted by Crippen LogP contribution is -2.17. The van der Waals surface area contributed by atoms with Crippen LogP contribution < -0.4 is 5.56 Å². The van der Waals surface area contributed by atoms with Gasteiger partial charge in [-0.15, -0.1) is 0 Å². The molecule has 0 saturated carbocycles. The summed E-state index contributed by atoms with van der Waals surface area (Å²) in [6.45, 7) is 0. The van der Waals surface area contributed by atoms with E-state index in [1.807, 2.05) is 30.3 Å². The first-order valence-corrected chi connectivity index (χ1v) is 6.73. The molecule has 5 heteroatoms. The van der Waals surface area contributed by atoms with Crippen LogP contribution in [0.15, 0.2) is 59.5 Å². The number of carboxylic acid groups (broad SMARTS) is 1. The molecule has 4 aromatic rings. The zero-order valence-corrected chi connectivity index (χ0v) is 11.4. The van der Waals surface area contributed by atoms with Crippen LogP contribution in [0.4, 0.5) is 0 Å². The topological polar surface area (TPSA) is 71.7 Å². The predicted molar refractivity (Wildman–Crippen MR) is 83.4 cm³/mol. The summed E-state index contributed by atoms with van der Waals surface area (Å²) in [6, 6.07) is 14.2. The monoisotopic (exact) mass is 290 g/mol. The number of carbonyl (C=O) groups is 1. The number of hydrogen-bond donors (Lipinski definition) is 1. The molecular formula is C17H10N2O3. The summed E-state index contributed by atoms with van der Waals surface area (Å²) in [5.74, 6) is -1.11. The van der Waals surface area contributed by atoms with Gasteiger partial charge in [-0.2, -0.15) is 0 Å². The van der Waals surface area contributed by atoms with Gasteiger partial charge in [0.25, 0.3) is 5.56 Å². The Bertz CT molecular complexity index is 1130. The van der Waals surface area contributed by atoms with E-state index in [1.165, 1.54) is 22.7 Å². The molecule has 0 saturated heterocycles. The minimum atomic E-state index is -1.11. The Balaban J connectivity index is 2.32. The molecule has 0 atom stereocenters. The van der Waals surface area contributed by atoms with Crippen molar-refractivity contribution < 1.29 is 9.90 Å². The number of benzene rings is 2. The summed E-state index contributed by atoms with van der Waals surface area (Å²) in [7, 11) is 0. The summed E-state index contributed by atoms with van der Waals surface area (Å²) >= 11 is 0. The van der Waals surface area contributed by atoms with Crippen LogP contribution in [0.25, 0.3) is 27.3 Å². The van der Waals surface area contributed by atoms with Gasteiger partial charge >= 0.3 is 5.97 Å². The number of fused-ring (bicyclic) bond motifs is 4. The van der Waals surface area contributed by atoms with Gasteiger partial charge in [-0.25, -0.2) is 9.78 Å². The molecule has 0 fully saturated rings. The first kappa shape index (κ1) is 12.5. The van der Waals surface area contributed by atoms with E-state index in [2.05, 4.69) is 4.98 Å². The molecule has 1 N–H and O–H groups in total. The minimum absolute atomic E-state index is 0.00874. The molecule has 4 rings (SSSR count). The molecule has 2 heterocycles. The molecule has 0 spiro atoms. The van der Waals surface area contributed by atoms with Crippen molar-refractivity contribution in [3.63, 3.8) is 0 Å². The number of pyridine rings is 1. The first-order chi connectivity index (χ1) is 10.7. The lowest BCUT2D eigenvalue weighted by atomic mass is 10.1. The average molecular weight is 290 g/mol. The molecule has 5 nitrogen and oxygen atoms in total. The van der Waals surface area contributed by atoms with Gasteiger partial charge < -0.3 is 5.11 Å². The van der Waals surface area contributed by atoms with E-state index in [0.29, 0.717) is 10.9 Å². The fraction of sp³-hybridized carbons (Fsp3) is 0. The third-order valence-corrected chi connectivity index (χ3v) is 3.77. The largest absolute Gasteiger partial charge is 0.478 e. The Morgan fingerprint density at radius 3 is 2.64 bits per heavy atom. The zero-order valence-electron chi connectivity index (χ0n) is 11.4. The number of rotatable bonds is 1. The summed E-state index contributed by atoms with van der Waals surface area (Å²) < 4.78 is 1.28. The van der Waals surface area contributed by atoms with Crippen molar-refractivity contribution in [1.82, 2.24) is 9.38 Å². The highest BCUT2D eigenvalue weighted by molar-refractivity contribution is 6.06. The quantitative estimate of drug-likeness (QED) is 0.432. The molecular weight excluding hydrogens is 280 g/mol. The molecule has 22 heavy (non-hydrogen) atoms. The van der Waals surface area contributed by atoms with Crippen molar-refractivity contribution in [2.45, 2.75) is 0 Å². The highest BCUT2D eigenvalue weighted by Crippen LogP contribution is 2.22. The number of hydrogen-bond acceptors (Lipinski definition) is 3. The molecule has 0 aliphatic carbocycles. The molecule has 0 unspecified atom stereocenters. The van der Waals surface area contributed by atoms with Crippen LogP contribution in [0, 0.1) is 0 Å². The van der Waals surface area contributed by atoms with Crippen LogP contribution in [-0.4, -0.2) is 20.5 Å². The molecule has 0 aliphatic rings. The van der Waals surface area contributed by atoms with E-state index in [9.17, 15) is 14.7 Å². The second-order valence-electron chi connectivity index (χ2n) is 5.02. The normalized spacial score (nSPS) is 11.3. The third kappa shape index (κ3) is 1.62. The van der Waals surface area contributed by atoms with Gasteiger partial charge in [-0.1, -0.05) is 30.3 Å². The number of nitrogens with zero attached hydrogens (tertiary/aromatic N) is 2. The Labute approximate surface area is 124 Å². The second-order valence-corrected chi connectivity index (χ2v) is 5.02. The highest BCUT2D eigenvalue weighted by atomic mass is 16.4. The fourth-order valence-electron chi connectivity index (χ4n) is 2.73. The second kappa shape index (κ2) is 4.39.